The van der Waals surface area contributed by atoms with Crippen molar-refractivity contribution in [3.05, 3.63) is 46.8 Å². The number of benzene rings is 1. The van der Waals surface area contributed by atoms with Gasteiger partial charge in [0.05, 0.1) is 5.56 Å². The third kappa shape index (κ3) is 4.66. The van der Waals surface area contributed by atoms with E-state index in [2.05, 4.69) is 43.9 Å². The van der Waals surface area contributed by atoms with E-state index in [-0.39, 0.29) is 16.2 Å². The Balaban J connectivity index is 1.45. The number of carbonyl (C=O) groups excluding carboxylic acids is 1. The molecule has 2 fully saturated rings. The number of sulfonamides is 1. The number of aryl methyl sites for hydroxylation is 1. The summed E-state index contributed by atoms with van der Waals surface area (Å²) in [6, 6.07) is 9.95. The van der Waals surface area contributed by atoms with Gasteiger partial charge in [-0.25, -0.2) is 8.42 Å². The predicted molar refractivity (Wildman–Crippen MR) is 125 cm³/mol. The molecule has 1 aromatic carbocycles. The summed E-state index contributed by atoms with van der Waals surface area (Å²) >= 11 is 1.15. The Bertz CT molecular complexity index is 1040. The summed E-state index contributed by atoms with van der Waals surface area (Å²) in [4.78, 5) is 16.9. The maximum atomic E-state index is 13.3. The Morgan fingerprint density at radius 2 is 1.81 bits per heavy atom. The molecule has 2 saturated heterocycles. The van der Waals surface area contributed by atoms with E-state index in [0.717, 1.165) is 43.0 Å². The lowest BCUT2D eigenvalue weighted by molar-refractivity contribution is 0.0697. The van der Waals surface area contributed by atoms with Crippen molar-refractivity contribution in [1.29, 1.82) is 0 Å². The standard InChI is InChI=1S/C23H31N3O3S2/c1-17-7-9-24(10-8-17)23(27)20-14-22(30-16-20)31(28,29)25-11-12-26(19(3)15-25)21-6-4-5-18(2)13-21/h4-6,13-14,16-17,19H,7-12,15H2,1-3H3/t19-/m1/s1. The number of rotatable bonds is 4. The number of piperidine rings is 1. The third-order valence-corrected chi connectivity index (χ3v) is 9.69. The van der Waals surface area contributed by atoms with Gasteiger partial charge in [-0.15, -0.1) is 11.3 Å². The minimum Gasteiger partial charge on any atom is -0.366 e. The minimum absolute atomic E-state index is 0.0535. The summed E-state index contributed by atoms with van der Waals surface area (Å²) in [5.74, 6) is 0.588. The maximum absolute atomic E-state index is 13.3. The molecule has 168 valence electrons. The second kappa shape index (κ2) is 8.92. The molecule has 2 aliphatic rings. The van der Waals surface area contributed by atoms with Crippen molar-refractivity contribution in [2.75, 3.05) is 37.6 Å². The van der Waals surface area contributed by atoms with Gasteiger partial charge in [0.1, 0.15) is 4.21 Å². The fourth-order valence-electron chi connectivity index (χ4n) is 4.42. The fraction of sp³-hybridized carbons (Fsp3) is 0.522. The van der Waals surface area contributed by atoms with Crippen LogP contribution in [-0.2, 0) is 10.0 Å². The van der Waals surface area contributed by atoms with Crippen molar-refractivity contribution in [3.63, 3.8) is 0 Å². The molecule has 0 radical (unpaired) electrons. The lowest BCUT2D eigenvalue weighted by atomic mass is 9.99. The average molecular weight is 462 g/mol. The van der Waals surface area contributed by atoms with E-state index in [4.69, 9.17) is 0 Å². The van der Waals surface area contributed by atoms with Gasteiger partial charge in [0.25, 0.3) is 15.9 Å². The molecule has 0 N–H and O–H groups in total. The molecule has 2 aromatic rings. The van der Waals surface area contributed by atoms with Crippen molar-refractivity contribution in [2.24, 2.45) is 5.92 Å². The topological polar surface area (TPSA) is 60.9 Å². The summed E-state index contributed by atoms with van der Waals surface area (Å²) in [5.41, 5.74) is 2.81. The van der Waals surface area contributed by atoms with Crippen LogP contribution < -0.4 is 4.90 Å². The normalized spacial score (nSPS) is 21.5. The average Bonchev–Trinajstić information content (AvgIpc) is 3.25. The molecule has 1 atom stereocenters. The quantitative estimate of drug-likeness (QED) is 0.694. The molecule has 0 spiro atoms. The van der Waals surface area contributed by atoms with Crippen LogP contribution in [0.3, 0.4) is 0 Å². The van der Waals surface area contributed by atoms with E-state index >= 15 is 0 Å². The Labute approximate surface area is 189 Å². The van der Waals surface area contributed by atoms with E-state index < -0.39 is 10.0 Å². The number of piperazine rings is 1. The van der Waals surface area contributed by atoms with Crippen LogP contribution in [0.1, 0.15) is 42.6 Å². The molecule has 4 rings (SSSR count). The Kier molecular flexibility index (Phi) is 6.42. The molecule has 0 saturated carbocycles. The largest absolute Gasteiger partial charge is 0.366 e. The number of likely N-dealkylation sites (tertiary alicyclic amines) is 1. The van der Waals surface area contributed by atoms with E-state index in [1.807, 2.05) is 11.0 Å². The molecule has 1 aromatic heterocycles. The highest BCUT2D eigenvalue weighted by Crippen LogP contribution is 2.29. The van der Waals surface area contributed by atoms with Crippen LogP contribution >= 0.6 is 11.3 Å². The number of amides is 1. The number of hydrogen-bond donors (Lipinski definition) is 0. The lowest BCUT2D eigenvalue weighted by Crippen LogP contribution is -2.53. The van der Waals surface area contributed by atoms with Crippen molar-refractivity contribution in [1.82, 2.24) is 9.21 Å². The zero-order valence-electron chi connectivity index (χ0n) is 18.5. The third-order valence-electron chi connectivity index (χ3n) is 6.41. The SMILES string of the molecule is Cc1cccc(N2CCN(S(=O)(=O)c3cc(C(=O)N4CCC(C)CC4)cs3)C[C@H]2C)c1. The second-order valence-electron chi connectivity index (χ2n) is 8.87. The zero-order chi connectivity index (χ0) is 22.2. The van der Waals surface area contributed by atoms with Crippen LogP contribution in [0.4, 0.5) is 5.69 Å². The van der Waals surface area contributed by atoms with E-state index in [1.165, 1.54) is 5.56 Å². The molecule has 6 nitrogen and oxygen atoms in total. The Morgan fingerprint density at radius 1 is 1.06 bits per heavy atom. The summed E-state index contributed by atoms with van der Waals surface area (Å²) in [7, 11) is -3.61. The van der Waals surface area contributed by atoms with Gasteiger partial charge in [-0.2, -0.15) is 4.31 Å². The molecule has 3 heterocycles. The summed E-state index contributed by atoms with van der Waals surface area (Å²) < 4.78 is 28.4. The Hall–Kier alpha value is -1.90. The van der Waals surface area contributed by atoms with Gasteiger partial charge in [0.15, 0.2) is 0 Å². The first kappa shape index (κ1) is 22.3. The summed E-state index contributed by atoms with van der Waals surface area (Å²) in [6.07, 6.45) is 2.01. The van der Waals surface area contributed by atoms with Gasteiger partial charge in [0.2, 0.25) is 0 Å². The summed E-state index contributed by atoms with van der Waals surface area (Å²) in [6.45, 7) is 9.34. The molecule has 8 heteroatoms. The molecule has 0 unspecified atom stereocenters. The van der Waals surface area contributed by atoms with Crippen molar-refractivity contribution in [2.45, 2.75) is 43.9 Å². The van der Waals surface area contributed by atoms with Crippen LogP contribution in [0.5, 0.6) is 0 Å². The van der Waals surface area contributed by atoms with Crippen LogP contribution in [0.15, 0.2) is 39.9 Å². The van der Waals surface area contributed by atoms with E-state index in [1.54, 1.807) is 15.8 Å². The highest BCUT2D eigenvalue weighted by molar-refractivity contribution is 7.91. The number of hydrogen-bond acceptors (Lipinski definition) is 5. The van der Waals surface area contributed by atoms with Crippen LogP contribution in [-0.4, -0.2) is 62.3 Å². The molecular weight excluding hydrogens is 430 g/mol. The molecule has 31 heavy (non-hydrogen) atoms. The highest BCUT2D eigenvalue weighted by atomic mass is 32.2. The number of carbonyl (C=O) groups is 1. The number of thiophene rings is 1. The van der Waals surface area contributed by atoms with E-state index in [0.29, 0.717) is 31.1 Å². The maximum Gasteiger partial charge on any atom is 0.254 e. The highest BCUT2D eigenvalue weighted by Gasteiger charge is 2.34. The van der Waals surface area contributed by atoms with Crippen LogP contribution in [0, 0.1) is 12.8 Å². The molecule has 2 aliphatic heterocycles. The van der Waals surface area contributed by atoms with Crippen molar-refractivity contribution in [3.8, 4) is 0 Å². The van der Waals surface area contributed by atoms with Crippen LogP contribution in [0.25, 0.3) is 0 Å². The molecule has 0 aliphatic carbocycles. The van der Waals surface area contributed by atoms with E-state index in [9.17, 15) is 13.2 Å². The van der Waals surface area contributed by atoms with Gasteiger partial charge < -0.3 is 9.80 Å². The monoisotopic (exact) mass is 461 g/mol. The number of nitrogens with zero attached hydrogens (tertiary/aromatic N) is 3. The lowest BCUT2D eigenvalue weighted by Gasteiger charge is -2.40. The molecular formula is C23H31N3O3S2. The second-order valence-corrected chi connectivity index (χ2v) is 11.9. The first-order chi connectivity index (χ1) is 14.8. The van der Waals surface area contributed by atoms with Crippen molar-refractivity contribution < 1.29 is 13.2 Å². The number of anilines is 1. The minimum atomic E-state index is -3.61. The first-order valence-electron chi connectivity index (χ1n) is 11.0. The molecule has 0 bridgehead atoms. The van der Waals surface area contributed by atoms with Crippen molar-refractivity contribution >= 4 is 33.0 Å². The first-order valence-corrected chi connectivity index (χ1v) is 13.3. The Morgan fingerprint density at radius 3 is 2.48 bits per heavy atom. The van der Waals surface area contributed by atoms with Crippen LogP contribution in [0.2, 0.25) is 0 Å². The molecule has 1 amide bonds. The fourth-order valence-corrected chi connectivity index (χ4v) is 7.24. The van der Waals surface area contributed by atoms with Gasteiger partial charge >= 0.3 is 0 Å². The van der Waals surface area contributed by atoms with Gasteiger partial charge in [-0.3, -0.25) is 4.79 Å². The van der Waals surface area contributed by atoms with Gasteiger partial charge in [-0.1, -0.05) is 19.1 Å². The van der Waals surface area contributed by atoms with Gasteiger partial charge in [0, 0.05) is 49.8 Å². The summed E-state index contributed by atoms with van der Waals surface area (Å²) in [5, 5.41) is 1.69. The predicted octanol–water partition coefficient (Wildman–Crippen LogP) is 3.83. The smallest absolute Gasteiger partial charge is 0.254 e. The zero-order valence-corrected chi connectivity index (χ0v) is 20.1. The van der Waals surface area contributed by atoms with Gasteiger partial charge in [-0.05, 0) is 56.4 Å².